The van der Waals surface area contributed by atoms with Crippen LogP contribution >= 0.6 is 0 Å². The number of aliphatic hydroxyl groups is 2. The first-order valence-corrected chi connectivity index (χ1v) is 11.8. The Kier molecular flexibility index (Phi) is 6.42. The first kappa shape index (κ1) is 24.6. The zero-order chi connectivity index (χ0) is 24.2. The van der Waals surface area contributed by atoms with Gasteiger partial charge in [0.25, 0.3) is 0 Å². The number of hydrogen-bond acceptors (Lipinski definition) is 5. The van der Waals surface area contributed by atoms with Gasteiger partial charge in [-0.1, -0.05) is 20.8 Å². The van der Waals surface area contributed by atoms with E-state index in [9.17, 15) is 23.4 Å². The van der Waals surface area contributed by atoms with Crippen molar-refractivity contribution in [2.24, 2.45) is 17.3 Å². The number of rotatable bonds is 5. The van der Waals surface area contributed by atoms with E-state index >= 15 is 0 Å². The Labute approximate surface area is 193 Å². The number of benzene rings is 1. The highest BCUT2D eigenvalue weighted by Gasteiger charge is 2.61. The van der Waals surface area contributed by atoms with Gasteiger partial charge in [0.15, 0.2) is 17.1 Å². The van der Waals surface area contributed by atoms with E-state index in [-0.39, 0.29) is 48.8 Å². The standard InChI is InChI=1S/C25H36F3NO4/c1-23(2,3)12-17-13-29-6-5-16-7-22(21(32-4)8-18(16)19(29)9-20(17)30)33-14-15-10-24(31,11-15)25(26,27)28/h7-8,15,17,19-20,30-31H,5-6,9-14H2,1-4H3/t15?,17-,19-,20-,24?/m1/s1. The second-order valence-corrected chi connectivity index (χ2v) is 11.4. The minimum atomic E-state index is -4.60. The molecule has 1 aromatic carbocycles. The van der Waals surface area contributed by atoms with Crippen molar-refractivity contribution in [1.29, 1.82) is 0 Å². The Hall–Kier alpha value is -1.51. The summed E-state index contributed by atoms with van der Waals surface area (Å²) in [7, 11) is 1.55. The molecular formula is C25H36F3NO4. The quantitative estimate of drug-likeness (QED) is 0.663. The van der Waals surface area contributed by atoms with Crippen molar-refractivity contribution in [1.82, 2.24) is 4.90 Å². The van der Waals surface area contributed by atoms with Gasteiger partial charge in [0.05, 0.1) is 19.8 Å². The van der Waals surface area contributed by atoms with Crippen LogP contribution in [0.25, 0.3) is 0 Å². The summed E-state index contributed by atoms with van der Waals surface area (Å²) in [4.78, 5) is 2.46. The van der Waals surface area contributed by atoms with Gasteiger partial charge in [-0.05, 0) is 72.6 Å². The van der Waals surface area contributed by atoms with Gasteiger partial charge in [-0.3, -0.25) is 4.90 Å². The maximum absolute atomic E-state index is 12.9. The summed E-state index contributed by atoms with van der Waals surface area (Å²) in [6, 6.07) is 4.02. The van der Waals surface area contributed by atoms with E-state index in [1.807, 2.05) is 12.1 Å². The summed E-state index contributed by atoms with van der Waals surface area (Å²) in [5.74, 6) is 0.979. The van der Waals surface area contributed by atoms with Gasteiger partial charge >= 0.3 is 6.18 Å². The van der Waals surface area contributed by atoms with E-state index in [2.05, 4.69) is 25.7 Å². The summed E-state index contributed by atoms with van der Waals surface area (Å²) < 4.78 is 50.0. The first-order valence-electron chi connectivity index (χ1n) is 11.8. The third kappa shape index (κ3) is 4.98. The third-order valence-corrected chi connectivity index (χ3v) is 7.50. The van der Waals surface area contributed by atoms with Gasteiger partial charge in [-0.15, -0.1) is 0 Å². The molecule has 8 heteroatoms. The molecule has 0 radical (unpaired) electrons. The molecule has 2 N–H and O–H groups in total. The normalized spacial score (nSPS) is 32.5. The van der Waals surface area contributed by atoms with Crippen molar-refractivity contribution in [3.05, 3.63) is 23.3 Å². The number of ether oxygens (including phenoxy) is 2. The third-order valence-electron chi connectivity index (χ3n) is 7.50. The van der Waals surface area contributed by atoms with Gasteiger partial charge < -0.3 is 19.7 Å². The zero-order valence-electron chi connectivity index (χ0n) is 19.9. The summed E-state index contributed by atoms with van der Waals surface area (Å²) >= 11 is 0. The predicted molar refractivity (Wildman–Crippen MR) is 118 cm³/mol. The second-order valence-electron chi connectivity index (χ2n) is 11.4. The topological polar surface area (TPSA) is 62.2 Å². The van der Waals surface area contributed by atoms with Gasteiger partial charge in [-0.2, -0.15) is 13.2 Å². The summed E-state index contributed by atoms with van der Waals surface area (Å²) in [6.45, 7) is 8.49. The van der Waals surface area contributed by atoms with Crippen molar-refractivity contribution in [3.8, 4) is 11.5 Å². The average Bonchev–Trinajstić information content (AvgIpc) is 2.68. The minimum absolute atomic E-state index is 0.107. The van der Waals surface area contributed by atoms with E-state index in [1.54, 1.807) is 7.11 Å². The number of methoxy groups -OCH3 is 1. The Bertz CT molecular complexity index is 860. The molecule has 2 heterocycles. The minimum Gasteiger partial charge on any atom is -0.493 e. The van der Waals surface area contributed by atoms with E-state index in [1.165, 1.54) is 0 Å². The van der Waals surface area contributed by atoms with Crippen LogP contribution in [0.2, 0.25) is 0 Å². The van der Waals surface area contributed by atoms with E-state index in [4.69, 9.17) is 9.47 Å². The molecule has 3 aliphatic rings. The van der Waals surface area contributed by atoms with Crippen LogP contribution in [0.5, 0.6) is 11.5 Å². The molecule has 0 amide bonds. The average molecular weight is 472 g/mol. The van der Waals surface area contributed by atoms with Gasteiger partial charge in [-0.25, -0.2) is 0 Å². The molecule has 1 aromatic rings. The molecule has 5 nitrogen and oxygen atoms in total. The predicted octanol–water partition coefficient (Wildman–Crippen LogP) is 4.49. The van der Waals surface area contributed by atoms with Crippen LogP contribution in [-0.2, 0) is 6.42 Å². The molecule has 1 aliphatic carbocycles. The number of halogens is 3. The van der Waals surface area contributed by atoms with Crippen LogP contribution in [-0.4, -0.2) is 59.8 Å². The van der Waals surface area contributed by atoms with Crippen molar-refractivity contribution in [2.45, 2.75) is 76.8 Å². The molecule has 0 unspecified atom stereocenters. The highest BCUT2D eigenvalue weighted by atomic mass is 19.4. The molecule has 186 valence electrons. The van der Waals surface area contributed by atoms with E-state index < -0.39 is 11.8 Å². The molecule has 2 aliphatic heterocycles. The first-order chi connectivity index (χ1) is 15.3. The second kappa shape index (κ2) is 8.61. The van der Waals surface area contributed by atoms with Crippen LogP contribution in [0, 0.1) is 17.3 Å². The number of aliphatic hydroxyl groups excluding tert-OH is 1. The van der Waals surface area contributed by atoms with Crippen LogP contribution in [0.4, 0.5) is 13.2 Å². The Morgan fingerprint density at radius 1 is 1.15 bits per heavy atom. The number of hydrogen-bond donors (Lipinski definition) is 2. The zero-order valence-corrected chi connectivity index (χ0v) is 19.9. The Morgan fingerprint density at radius 3 is 2.45 bits per heavy atom. The number of fused-ring (bicyclic) bond motifs is 3. The van der Waals surface area contributed by atoms with E-state index in [0.29, 0.717) is 17.9 Å². The highest BCUT2D eigenvalue weighted by Crippen LogP contribution is 2.49. The lowest BCUT2D eigenvalue weighted by molar-refractivity contribution is -0.300. The van der Waals surface area contributed by atoms with Gasteiger partial charge in [0.2, 0.25) is 0 Å². The molecule has 0 bridgehead atoms. The van der Waals surface area contributed by atoms with Crippen molar-refractivity contribution in [3.63, 3.8) is 0 Å². The van der Waals surface area contributed by atoms with Gasteiger partial charge in [0, 0.05) is 19.1 Å². The molecule has 0 aromatic heterocycles. The lowest BCUT2D eigenvalue weighted by atomic mass is 9.71. The maximum Gasteiger partial charge on any atom is 0.417 e. The van der Waals surface area contributed by atoms with Crippen LogP contribution in [0.3, 0.4) is 0 Å². The van der Waals surface area contributed by atoms with Gasteiger partial charge in [0.1, 0.15) is 0 Å². The molecule has 2 fully saturated rings. The summed E-state index contributed by atoms with van der Waals surface area (Å²) in [6.07, 6.45) is -3.13. The van der Waals surface area contributed by atoms with Crippen molar-refractivity contribution >= 4 is 0 Å². The Balaban J connectivity index is 1.44. The lowest BCUT2D eigenvalue weighted by Crippen LogP contribution is -2.56. The highest BCUT2D eigenvalue weighted by molar-refractivity contribution is 5.49. The molecule has 0 spiro atoms. The molecule has 1 saturated carbocycles. The SMILES string of the molecule is COc1cc2c(cc1OCC1CC(O)(C(F)(F)F)C1)CCN1C[C@@H](CC(C)(C)C)[C@H](O)C[C@H]21. The van der Waals surface area contributed by atoms with E-state index in [0.717, 1.165) is 37.1 Å². The summed E-state index contributed by atoms with van der Waals surface area (Å²) in [5, 5.41) is 20.5. The van der Waals surface area contributed by atoms with Crippen LogP contribution < -0.4 is 9.47 Å². The lowest BCUT2D eigenvalue weighted by Gasteiger charge is -2.47. The largest absolute Gasteiger partial charge is 0.493 e. The number of piperidine rings is 1. The molecule has 3 atom stereocenters. The monoisotopic (exact) mass is 471 g/mol. The van der Waals surface area contributed by atoms with Crippen LogP contribution in [0.1, 0.15) is 63.6 Å². The molecule has 33 heavy (non-hydrogen) atoms. The van der Waals surface area contributed by atoms with Crippen molar-refractivity contribution in [2.75, 3.05) is 26.8 Å². The fraction of sp³-hybridized carbons (Fsp3) is 0.760. The molecule has 4 rings (SSSR count). The fourth-order valence-electron chi connectivity index (χ4n) is 5.81. The molecular weight excluding hydrogens is 435 g/mol. The number of nitrogens with zero attached hydrogens (tertiary/aromatic N) is 1. The smallest absolute Gasteiger partial charge is 0.417 e. The number of alkyl halides is 3. The summed E-state index contributed by atoms with van der Waals surface area (Å²) in [5.41, 5.74) is -0.155. The Morgan fingerprint density at radius 2 is 1.85 bits per heavy atom. The van der Waals surface area contributed by atoms with Crippen molar-refractivity contribution < 1.29 is 32.9 Å². The molecule has 1 saturated heterocycles. The van der Waals surface area contributed by atoms with Crippen LogP contribution in [0.15, 0.2) is 12.1 Å². The fourth-order valence-corrected chi connectivity index (χ4v) is 5.81. The maximum atomic E-state index is 12.9.